The summed E-state index contributed by atoms with van der Waals surface area (Å²) in [5, 5.41) is 30.0. The average molecular weight is 551 g/mol. The molecule has 0 saturated carbocycles. The molecule has 14 nitrogen and oxygen atoms in total. The Labute approximate surface area is 218 Å². The Bertz CT molecular complexity index is 1190. The highest BCUT2D eigenvalue weighted by molar-refractivity contribution is 7.60. The number of carbonyl (C=O) groups is 2. The van der Waals surface area contributed by atoms with Crippen LogP contribution in [0.15, 0.2) is 42.5 Å². The molecule has 3 rings (SSSR count). The van der Waals surface area contributed by atoms with E-state index >= 15 is 0 Å². The van der Waals surface area contributed by atoms with Crippen LogP contribution in [-0.4, -0.2) is 108 Å². The van der Waals surface area contributed by atoms with Gasteiger partial charge in [-0.2, -0.15) is 0 Å². The van der Waals surface area contributed by atoms with Crippen LogP contribution < -0.4 is 5.44 Å². The fraction of sp³-hybridized carbons (Fsp3) is 0.435. The molecule has 2 aromatic rings. The van der Waals surface area contributed by atoms with E-state index in [0.717, 1.165) is 5.56 Å². The number of nitro benzene ring substituents is 1. The Balaban J connectivity index is 1.85. The Kier molecular flexibility index (Phi) is 10.0. The molecule has 15 heteroatoms. The summed E-state index contributed by atoms with van der Waals surface area (Å²) >= 11 is 0. The maximum absolute atomic E-state index is 11.7. The lowest BCUT2D eigenvalue weighted by Gasteiger charge is -2.33. The van der Waals surface area contributed by atoms with Gasteiger partial charge in [0.15, 0.2) is 5.44 Å². The number of pyridine rings is 1. The number of aromatic nitrogens is 1. The summed E-state index contributed by atoms with van der Waals surface area (Å²) in [5.74, 6) is -2.09. The maximum atomic E-state index is 11.7. The molecule has 0 unspecified atom stereocenters. The van der Waals surface area contributed by atoms with Crippen LogP contribution in [-0.2, 0) is 27.1 Å². The first-order valence-corrected chi connectivity index (χ1v) is 13.4. The fourth-order valence-electron chi connectivity index (χ4n) is 4.39. The van der Waals surface area contributed by atoms with Gasteiger partial charge in [-0.05, 0) is 24.1 Å². The molecule has 1 aliphatic heterocycles. The van der Waals surface area contributed by atoms with Crippen molar-refractivity contribution in [2.75, 3.05) is 45.8 Å². The zero-order valence-corrected chi connectivity index (χ0v) is 21.4. The molecule has 0 amide bonds. The van der Waals surface area contributed by atoms with E-state index < -0.39 is 24.5 Å². The van der Waals surface area contributed by atoms with E-state index in [4.69, 9.17) is 0 Å². The van der Waals surface area contributed by atoms with E-state index in [9.17, 15) is 44.3 Å². The maximum Gasteiger partial charge on any atom is 0.374 e. The van der Waals surface area contributed by atoms with Gasteiger partial charge in [0.05, 0.1) is 23.7 Å². The minimum atomic E-state index is -4.54. The Hall–Kier alpha value is -3.26. The summed E-state index contributed by atoms with van der Waals surface area (Å²) in [7, 11) is -4.54. The van der Waals surface area contributed by atoms with Gasteiger partial charge in [0.25, 0.3) is 5.69 Å². The number of hydrogen-bond acceptors (Lipinski definition) is 9. The highest BCUT2D eigenvalue weighted by atomic mass is 31.2. The SMILES string of the molecule is O=C(O)CN1CCN(Cc2cccc(P(=O)(O)O)n2)CCN(CC(=O)O)[C@@H](Cc2ccc([N+](=O)[O-])cc2)C1. The molecule has 0 aliphatic carbocycles. The minimum Gasteiger partial charge on any atom is -0.480 e. The second-order valence-corrected chi connectivity index (χ2v) is 10.6. The number of carboxylic acid groups (broad SMARTS) is 2. The molecule has 0 spiro atoms. The van der Waals surface area contributed by atoms with Crippen LogP contribution in [0.25, 0.3) is 0 Å². The van der Waals surface area contributed by atoms with Gasteiger partial charge in [0.2, 0.25) is 0 Å². The molecule has 1 aromatic heterocycles. The first kappa shape index (κ1) is 29.3. The van der Waals surface area contributed by atoms with Crippen molar-refractivity contribution >= 4 is 30.7 Å². The van der Waals surface area contributed by atoms with Crippen molar-refractivity contribution in [1.29, 1.82) is 0 Å². The quantitative estimate of drug-likeness (QED) is 0.175. The van der Waals surface area contributed by atoms with E-state index in [1.165, 1.54) is 24.3 Å². The third kappa shape index (κ3) is 8.94. The lowest BCUT2D eigenvalue weighted by Crippen LogP contribution is -2.48. The second-order valence-electron chi connectivity index (χ2n) is 9.08. The smallest absolute Gasteiger partial charge is 0.374 e. The standard InChI is InChI=1S/C23H30N5O9P/c29-22(30)15-26-9-8-25(13-18-2-1-3-21(24-18)38(35,36)37)10-11-27(16-23(31)32)20(14-26)12-17-4-6-19(7-5-17)28(33)34/h1-7,20H,8-16H2,(H,29,30)(H,31,32)(H2,35,36,37)/t20-/m0/s1. The Morgan fingerprint density at radius 3 is 2.21 bits per heavy atom. The van der Waals surface area contributed by atoms with Crippen LogP contribution in [0.2, 0.25) is 0 Å². The fourth-order valence-corrected chi connectivity index (χ4v) is 4.93. The molecule has 2 heterocycles. The van der Waals surface area contributed by atoms with Crippen molar-refractivity contribution in [2.45, 2.75) is 19.0 Å². The summed E-state index contributed by atoms with van der Waals surface area (Å²) in [6, 6.07) is 9.96. The van der Waals surface area contributed by atoms with Gasteiger partial charge in [0, 0.05) is 57.4 Å². The number of nitro groups is 1. The van der Waals surface area contributed by atoms with Crippen molar-refractivity contribution in [1.82, 2.24) is 19.7 Å². The van der Waals surface area contributed by atoms with Crippen LogP contribution in [0.3, 0.4) is 0 Å². The number of carboxylic acids is 2. The highest BCUT2D eigenvalue weighted by Crippen LogP contribution is 2.31. The van der Waals surface area contributed by atoms with Crippen molar-refractivity contribution in [3.05, 3.63) is 63.8 Å². The molecule has 4 N–H and O–H groups in total. The summed E-state index contributed by atoms with van der Waals surface area (Å²) in [4.78, 5) is 62.1. The lowest BCUT2D eigenvalue weighted by atomic mass is 10.0. The summed E-state index contributed by atoms with van der Waals surface area (Å²) in [5.41, 5.74) is 0.760. The Morgan fingerprint density at radius 2 is 1.61 bits per heavy atom. The molecular weight excluding hydrogens is 521 g/mol. The van der Waals surface area contributed by atoms with E-state index in [2.05, 4.69) is 4.98 Å². The normalized spacial score (nSPS) is 18.3. The minimum absolute atomic E-state index is 0.0646. The largest absolute Gasteiger partial charge is 0.480 e. The Morgan fingerprint density at radius 1 is 0.974 bits per heavy atom. The summed E-state index contributed by atoms with van der Waals surface area (Å²) < 4.78 is 11.6. The lowest BCUT2D eigenvalue weighted by molar-refractivity contribution is -0.384. The molecule has 0 radical (unpaired) electrons. The van der Waals surface area contributed by atoms with Gasteiger partial charge >= 0.3 is 19.5 Å². The van der Waals surface area contributed by atoms with Gasteiger partial charge in [-0.1, -0.05) is 18.2 Å². The van der Waals surface area contributed by atoms with E-state index in [-0.39, 0.29) is 43.3 Å². The number of hydrogen-bond donors (Lipinski definition) is 4. The topological polar surface area (TPSA) is 198 Å². The van der Waals surface area contributed by atoms with Crippen LogP contribution in [0.1, 0.15) is 11.3 Å². The molecule has 206 valence electrons. The van der Waals surface area contributed by atoms with Crippen molar-refractivity contribution in [3.63, 3.8) is 0 Å². The third-order valence-electron chi connectivity index (χ3n) is 6.21. The number of aliphatic carboxylic acids is 2. The number of nitrogens with zero attached hydrogens (tertiary/aromatic N) is 5. The van der Waals surface area contributed by atoms with E-state index in [1.807, 2.05) is 4.90 Å². The first-order valence-electron chi connectivity index (χ1n) is 11.8. The van der Waals surface area contributed by atoms with Gasteiger partial charge in [0.1, 0.15) is 0 Å². The van der Waals surface area contributed by atoms with Gasteiger partial charge in [-0.3, -0.25) is 39.0 Å². The number of benzene rings is 1. The zero-order chi connectivity index (χ0) is 27.9. The van der Waals surface area contributed by atoms with E-state index in [1.54, 1.807) is 28.0 Å². The number of rotatable bonds is 10. The average Bonchev–Trinajstić information content (AvgIpc) is 2.89. The van der Waals surface area contributed by atoms with Crippen LogP contribution in [0.5, 0.6) is 0 Å². The van der Waals surface area contributed by atoms with Crippen molar-refractivity contribution < 1.29 is 39.1 Å². The van der Waals surface area contributed by atoms with Crippen LogP contribution in [0, 0.1) is 10.1 Å². The molecule has 1 atom stereocenters. The predicted molar refractivity (Wildman–Crippen MR) is 135 cm³/mol. The first-order chi connectivity index (χ1) is 17.9. The molecular formula is C23H30N5O9P. The van der Waals surface area contributed by atoms with Crippen LogP contribution in [0.4, 0.5) is 5.69 Å². The van der Waals surface area contributed by atoms with Gasteiger partial charge in [-0.15, -0.1) is 0 Å². The van der Waals surface area contributed by atoms with Crippen molar-refractivity contribution in [3.8, 4) is 0 Å². The zero-order valence-electron chi connectivity index (χ0n) is 20.5. The van der Waals surface area contributed by atoms with Crippen molar-refractivity contribution in [2.24, 2.45) is 0 Å². The van der Waals surface area contributed by atoms with Gasteiger partial charge < -0.3 is 20.0 Å². The monoisotopic (exact) mass is 551 g/mol. The van der Waals surface area contributed by atoms with Crippen LogP contribution >= 0.6 is 7.60 Å². The van der Waals surface area contributed by atoms with Gasteiger partial charge in [-0.25, -0.2) is 4.98 Å². The summed E-state index contributed by atoms with van der Waals surface area (Å²) in [6.07, 6.45) is 0.354. The number of non-ortho nitro benzene ring substituents is 1. The molecule has 1 fully saturated rings. The van der Waals surface area contributed by atoms with E-state index in [0.29, 0.717) is 38.3 Å². The highest BCUT2D eigenvalue weighted by Gasteiger charge is 2.28. The molecule has 1 saturated heterocycles. The second kappa shape index (κ2) is 13.0. The molecule has 38 heavy (non-hydrogen) atoms. The molecule has 1 aromatic carbocycles. The molecule has 0 bridgehead atoms. The molecule has 1 aliphatic rings. The summed E-state index contributed by atoms with van der Waals surface area (Å²) in [6.45, 7) is 1.41. The third-order valence-corrected chi connectivity index (χ3v) is 7.06. The predicted octanol–water partition coefficient (Wildman–Crippen LogP) is -0.00710.